The van der Waals surface area contributed by atoms with E-state index < -0.39 is 0 Å². The van der Waals surface area contributed by atoms with Gasteiger partial charge < -0.3 is 15.1 Å². The van der Waals surface area contributed by atoms with Gasteiger partial charge in [0.15, 0.2) is 0 Å². The van der Waals surface area contributed by atoms with E-state index in [1.165, 1.54) is 0 Å². The number of nitrogens with one attached hydrogen (secondary N) is 2. The monoisotopic (exact) mass is 288 g/mol. The van der Waals surface area contributed by atoms with Crippen molar-refractivity contribution in [3.8, 4) is 0 Å². The molecule has 0 saturated heterocycles. The molecule has 112 valence electrons. The van der Waals surface area contributed by atoms with Crippen LogP contribution in [0, 0.1) is 6.92 Å². The number of aryl methyl sites for hydroxylation is 1. The van der Waals surface area contributed by atoms with Crippen LogP contribution in [0.15, 0.2) is 27.7 Å². The second-order valence-electron chi connectivity index (χ2n) is 5.74. The third-order valence-electron chi connectivity index (χ3n) is 4.17. The van der Waals surface area contributed by atoms with Gasteiger partial charge in [-0.15, -0.1) is 0 Å². The van der Waals surface area contributed by atoms with Gasteiger partial charge in [-0.05, 0) is 43.9 Å². The summed E-state index contributed by atoms with van der Waals surface area (Å²) in [4.78, 5) is 24.0. The van der Waals surface area contributed by atoms with Crippen molar-refractivity contribution < 1.29 is 14.0 Å². The second-order valence-corrected chi connectivity index (χ2v) is 5.74. The molecule has 5 heteroatoms. The molecule has 1 fully saturated rings. The molecule has 1 aromatic rings. The lowest BCUT2D eigenvalue weighted by atomic mass is 9.88. The first-order chi connectivity index (χ1) is 10.1. The van der Waals surface area contributed by atoms with Crippen LogP contribution >= 0.6 is 0 Å². The molecule has 21 heavy (non-hydrogen) atoms. The largest absolute Gasteiger partial charge is 0.465 e. The van der Waals surface area contributed by atoms with Gasteiger partial charge in [0.1, 0.15) is 11.5 Å². The quantitative estimate of drug-likeness (QED) is 0.889. The van der Waals surface area contributed by atoms with E-state index in [1.54, 1.807) is 0 Å². The van der Waals surface area contributed by atoms with Gasteiger partial charge >= 0.3 is 0 Å². The highest BCUT2D eigenvalue weighted by Gasteiger charge is 2.33. The smallest absolute Gasteiger partial charge is 0.248 e. The molecule has 5 nitrogen and oxygen atoms in total. The maximum atomic E-state index is 12.0. The van der Waals surface area contributed by atoms with Crippen molar-refractivity contribution in [1.29, 1.82) is 0 Å². The average Bonchev–Trinajstić information content (AvgIpc) is 3.01. The topological polar surface area (TPSA) is 71.3 Å². The molecule has 1 saturated carbocycles. The van der Waals surface area contributed by atoms with E-state index in [0.717, 1.165) is 42.8 Å². The fourth-order valence-corrected chi connectivity index (χ4v) is 3.11. The third kappa shape index (κ3) is 3.01. The lowest BCUT2D eigenvalue weighted by Gasteiger charge is -2.20. The normalized spacial score (nSPS) is 21.2. The van der Waals surface area contributed by atoms with E-state index in [1.807, 2.05) is 19.1 Å². The van der Waals surface area contributed by atoms with Crippen molar-refractivity contribution in [2.45, 2.75) is 51.6 Å². The Hall–Kier alpha value is -2.04. The minimum Gasteiger partial charge on any atom is -0.465 e. The fourth-order valence-electron chi connectivity index (χ4n) is 3.11. The number of hydrogen-bond donors (Lipinski definition) is 2. The summed E-state index contributed by atoms with van der Waals surface area (Å²) in [6.45, 7) is 2.23. The molecule has 0 radical (unpaired) electrons. The number of furan rings is 1. The number of amides is 2. The molecule has 1 atom stereocenters. The Labute approximate surface area is 123 Å². The maximum absolute atomic E-state index is 12.0. The van der Waals surface area contributed by atoms with Crippen molar-refractivity contribution in [1.82, 2.24) is 10.6 Å². The number of rotatable bonds is 4. The van der Waals surface area contributed by atoms with Gasteiger partial charge in [0.25, 0.3) is 0 Å². The van der Waals surface area contributed by atoms with E-state index in [2.05, 4.69) is 10.6 Å². The summed E-state index contributed by atoms with van der Waals surface area (Å²) in [6.07, 6.45) is 4.35. The van der Waals surface area contributed by atoms with E-state index in [0.29, 0.717) is 12.1 Å². The summed E-state index contributed by atoms with van der Waals surface area (Å²) in [5.74, 6) is 1.35. The van der Waals surface area contributed by atoms with Gasteiger partial charge in [-0.3, -0.25) is 9.59 Å². The van der Waals surface area contributed by atoms with Crippen LogP contribution in [0.2, 0.25) is 0 Å². The van der Waals surface area contributed by atoms with Gasteiger partial charge in [-0.2, -0.15) is 0 Å². The standard InChI is InChI=1S/C16H20N2O3/c1-10-6-7-11(21-10)9-17-15(19)8-13-12-4-2-3-5-14(12)18-16(13)20/h6-7,14H,2-5,8-9H2,1H3,(H,17,19)(H,18,20). The molecule has 0 aromatic carbocycles. The zero-order valence-electron chi connectivity index (χ0n) is 12.2. The third-order valence-corrected chi connectivity index (χ3v) is 4.17. The van der Waals surface area contributed by atoms with Crippen LogP contribution in [-0.2, 0) is 16.1 Å². The Morgan fingerprint density at radius 3 is 3.05 bits per heavy atom. The molecule has 0 spiro atoms. The van der Waals surface area contributed by atoms with E-state index in [9.17, 15) is 9.59 Å². The van der Waals surface area contributed by atoms with Gasteiger partial charge in [0.2, 0.25) is 11.8 Å². The zero-order chi connectivity index (χ0) is 14.8. The Morgan fingerprint density at radius 2 is 2.29 bits per heavy atom. The number of fused-ring (bicyclic) bond motifs is 1. The van der Waals surface area contributed by atoms with E-state index in [-0.39, 0.29) is 24.3 Å². The molecule has 1 unspecified atom stereocenters. The van der Waals surface area contributed by atoms with Crippen LogP contribution in [-0.4, -0.2) is 17.9 Å². The summed E-state index contributed by atoms with van der Waals surface area (Å²) < 4.78 is 5.40. The molecule has 2 aliphatic rings. The molecule has 2 heterocycles. The lowest BCUT2D eigenvalue weighted by Crippen LogP contribution is -2.30. The summed E-state index contributed by atoms with van der Waals surface area (Å²) in [7, 11) is 0. The van der Waals surface area contributed by atoms with Crippen molar-refractivity contribution >= 4 is 11.8 Å². The SMILES string of the molecule is Cc1ccc(CNC(=O)CC2=C3CCCCC3NC2=O)o1. The zero-order valence-corrected chi connectivity index (χ0v) is 12.2. The minimum atomic E-state index is -0.132. The first kappa shape index (κ1) is 13.9. The summed E-state index contributed by atoms with van der Waals surface area (Å²) in [5.41, 5.74) is 1.82. The molecule has 3 rings (SSSR count). The number of hydrogen-bond acceptors (Lipinski definition) is 3. The van der Waals surface area contributed by atoms with Gasteiger partial charge in [0.05, 0.1) is 19.0 Å². The second kappa shape index (κ2) is 5.76. The molecule has 1 aromatic heterocycles. The predicted molar refractivity (Wildman–Crippen MR) is 77.3 cm³/mol. The molecule has 2 N–H and O–H groups in total. The minimum absolute atomic E-state index is 0.0686. The molecular formula is C16H20N2O3. The molecule has 2 amide bonds. The van der Waals surface area contributed by atoms with Crippen molar-refractivity contribution in [2.75, 3.05) is 0 Å². The molecule has 0 bridgehead atoms. The lowest BCUT2D eigenvalue weighted by molar-refractivity contribution is -0.123. The Balaban J connectivity index is 1.60. The van der Waals surface area contributed by atoms with E-state index in [4.69, 9.17) is 4.42 Å². The van der Waals surface area contributed by atoms with Crippen LogP contribution in [0.4, 0.5) is 0 Å². The Kier molecular flexibility index (Phi) is 3.82. The maximum Gasteiger partial charge on any atom is 0.248 e. The highest BCUT2D eigenvalue weighted by Crippen LogP contribution is 2.32. The number of carbonyl (C=O) groups is 2. The summed E-state index contributed by atoms with van der Waals surface area (Å²) in [5, 5.41) is 5.79. The van der Waals surface area contributed by atoms with Crippen LogP contribution < -0.4 is 10.6 Å². The van der Waals surface area contributed by atoms with Crippen LogP contribution in [0.5, 0.6) is 0 Å². The highest BCUT2D eigenvalue weighted by molar-refractivity contribution is 6.02. The number of carbonyl (C=O) groups excluding carboxylic acids is 2. The molecular weight excluding hydrogens is 268 g/mol. The predicted octanol–water partition coefficient (Wildman–Crippen LogP) is 1.96. The summed E-state index contributed by atoms with van der Waals surface area (Å²) in [6, 6.07) is 3.88. The van der Waals surface area contributed by atoms with Gasteiger partial charge in [-0.1, -0.05) is 6.42 Å². The molecule has 1 aliphatic heterocycles. The van der Waals surface area contributed by atoms with E-state index >= 15 is 0 Å². The van der Waals surface area contributed by atoms with Crippen LogP contribution in [0.3, 0.4) is 0 Å². The van der Waals surface area contributed by atoms with Crippen molar-refractivity contribution in [2.24, 2.45) is 0 Å². The highest BCUT2D eigenvalue weighted by atomic mass is 16.3. The van der Waals surface area contributed by atoms with Crippen molar-refractivity contribution in [3.05, 3.63) is 34.8 Å². The fraction of sp³-hybridized carbons (Fsp3) is 0.500. The Bertz CT molecular complexity index is 600. The van der Waals surface area contributed by atoms with Crippen LogP contribution in [0.1, 0.15) is 43.6 Å². The van der Waals surface area contributed by atoms with Gasteiger partial charge in [-0.25, -0.2) is 0 Å². The van der Waals surface area contributed by atoms with Crippen LogP contribution in [0.25, 0.3) is 0 Å². The average molecular weight is 288 g/mol. The summed E-state index contributed by atoms with van der Waals surface area (Å²) >= 11 is 0. The Morgan fingerprint density at radius 1 is 1.43 bits per heavy atom. The van der Waals surface area contributed by atoms with Gasteiger partial charge in [0, 0.05) is 5.57 Å². The first-order valence-electron chi connectivity index (χ1n) is 7.48. The first-order valence-corrected chi connectivity index (χ1v) is 7.48. The molecule has 1 aliphatic carbocycles. The van der Waals surface area contributed by atoms with Crippen molar-refractivity contribution in [3.63, 3.8) is 0 Å².